The first-order valence-corrected chi connectivity index (χ1v) is 23.5. The van der Waals surface area contributed by atoms with Crippen LogP contribution in [0.25, 0.3) is 0 Å². The molecule has 0 saturated heterocycles. The van der Waals surface area contributed by atoms with Crippen molar-refractivity contribution in [3.63, 3.8) is 0 Å². The highest BCUT2D eigenvalue weighted by molar-refractivity contribution is 6.64. The fourth-order valence-electron chi connectivity index (χ4n) is 13.9. The zero-order valence-electron chi connectivity index (χ0n) is 35.5. The van der Waals surface area contributed by atoms with Crippen LogP contribution in [0, 0.1) is 46.3 Å². The molecule has 2 aromatic carbocycles. The smallest absolute Gasteiger partial charge is 0.231 e. The summed E-state index contributed by atoms with van der Waals surface area (Å²) in [5, 5.41) is 3.25. The second-order valence-electron chi connectivity index (χ2n) is 20.3. The van der Waals surface area contributed by atoms with Crippen molar-refractivity contribution >= 4 is 34.4 Å². The number of anilines is 2. The monoisotopic (exact) mass is 840 g/mol. The Bertz CT molecular complexity index is 2150. The first-order chi connectivity index (χ1) is 29.7. The fraction of sp³-hybridized carbons (Fsp3) is 0.560. The van der Waals surface area contributed by atoms with Crippen LogP contribution in [0.2, 0.25) is 0 Å². The largest absolute Gasteiger partial charge is 0.383 e. The number of nitrogens with one attached hydrogen (secondary N) is 1. The van der Waals surface area contributed by atoms with Crippen molar-refractivity contribution in [2.75, 3.05) is 24.1 Å². The number of carbonyl (C=O) groups is 2. The average Bonchev–Trinajstić information content (AvgIpc) is 3.24. The number of hydrogen-bond acceptors (Lipinski definition) is 9. The molecule has 10 aliphatic rings. The summed E-state index contributed by atoms with van der Waals surface area (Å²) >= 11 is 5.76. The number of carbonyl (C=O) groups excluding carboxylic acids is 2. The van der Waals surface area contributed by atoms with Gasteiger partial charge in [0, 0.05) is 55.8 Å². The summed E-state index contributed by atoms with van der Waals surface area (Å²) in [6.07, 6.45) is 19.8. The predicted molar refractivity (Wildman–Crippen MR) is 238 cm³/mol. The highest BCUT2D eigenvalue weighted by atomic mass is 35.5. The number of nitrogen functional groups attached to an aromatic ring is 1. The van der Waals surface area contributed by atoms with E-state index in [1.165, 1.54) is 49.7 Å². The van der Waals surface area contributed by atoms with Gasteiger partial charge in [0.05, 0.1) is 16.8 Å². The minimum absolute atomic E-state index is 0.0356. The van der Waals surface area contributed by atoms with Crippen LogP contribution in [0.5, 0.6) is 0 Å². The van der Waals surface area contributed by atoms with Crippen LogP contribution in [0.15, 0.2) is 73.3 Å². The molecule has 2 aliphatic heterocycles. The second kappa shape index (κ2) is 17.1. The maximum atomic E-state index is 13.5. The van der Waals surface area contributed by atoms with Crippen LogP contribution in [-0.4, -0.2) is 54.0 Å². The summed E-state index contributed by atoms with van der Waals surface area (Å²) < 4.78 is 0. The SMILES string of the molecule is Nc1ncnc2c1CCN(Cc1ccccc1)C2.O=C(Cl)C12CC3CC(CC(C3)C1)C2.O=C(Nc1ncnc2c1CCN(Cc1ccccc1)C2)C12CC3CC(CC(C3)C1)C2. The van der Waals surface area contributed by atoms with E-state index in [0.717, 1.165) is 154 Å². The molecule has 2 aromatic heterocycles. The van der Waals surface area contributed by atoms with Crippen molar-refractivity contribution in [2.45, 2.75) is 116 Å². The van der Waals surface area contributed by atoms with Gasteiger partial charge in [-0.2, -0.15) is 0 Å². The van der Waals surface area contributed by atoms with Gasteiger partial charge in [0.15, 0.2) is 0 Å². The van der Waals surface area contributed by atoms with Crippen molar-refractivity contribution in [3.05, 3.63) is 107 Å². The molecule has 11 heteroatoms. The Labute approximate surface area is 365 Å². The number of amides is 1. The van der Waals surface area contributed by atoms with Gasteiger partial charge >= 0.3 is 0 Å². The zero-order valence-corrected chi connectivity index (χ0v) is 36.2. The van der Waals surface area contributed by atoms with E-state index in [-0.39, 0.29) is 22.0 Å². The lowest BCUT2D eigenvalue weighted by Crippen LogP contribution is -2.52. The molecular weight excluding hydrogens is 780 g/mol. The van der Waals surface area contributed by atoms with Gasteiger partial charge in [0.25, 0.3) is 0 Å². The molecule has 3 N–H and O–H groups in total. The van der Waals surface area contributed by atoms with Crippen molar-refractivity contribution < 1.29 is 9.59 Å². The molecule has 8 aliphatic carbocycles. The topological polar surface area (TPSA) is 130 Å². The summed E-state index contributed by atoms with van der Waals surface area (Å²) in [6, 6.07) is 21.1. The Hall–Kier alpha value is -4.25. The minimum Gasteiger partial charge on any atom is -0.383 e. The van der Waals surface area contributed by atoms with Crippen molar-refractivity contribution in [2.24, 2.45) is 46.3 Å². The van der Waals surface area contributed by atoms with Gasteiger partial charge in [-0.05, 0) is 148 Å². The van der Waals surface area contributed by atoms with E-state index >= 15 is 0 Å². The van der Waals surface area contributed by atoms with E-state index in [1.54, 1.807) is 12.7 Å². The van der Waals surface area contributed by atoms with Gasteiger partial charge in [0.2, 0.25) is 11.1 Å². The molecule has 0 spiro atoms. The van der Waals surface area contributed by atoms with E-state index < -0.39 is 0 Å². The maximum Gasteiger partial charge on any atom is 0.231 e. The molecule has 4 aromatic rings. The van der Waals surface area contributed by atoms with Crippen molar-refractivity contribution in [1.82, 2.24) is 29.7 Å². The molecule has 1 amide bonds. The summed E-state index contributed by atoms with van der Waals surface area (Å²) in [5.41, 5.74) is 12.7. The Morgan fingerprint density at radius 3 is 1.51 bits per heavy atom. The molecule has 14 rings (SSSR count). The number of hydrogen-bond donors (Lipinski definition) is 2. The first-order valence-electron chi connectivity index (χ1n) is 23.1. The summed E-state index contributed by atoms with van der Waals surface area (Å²) in [4.78, 5) is 47.2. The zero-order chi connectivity index (χ0) is 41.6. The third-order valence-electron chi connectivity index (χ3n) is 15.9. The summed E-state index contributed by atoms with van der Waals surface area (Å²) in [6.45, 7) is 5.54. The second-order valence-corrected chi connectivity index (χ2v) is 20.7. The molecular formula is C50H61ClN8O2. The molecule has 0 atom stereocenters. The Morgan fingerprint density at radius 1 is 0.607 bits per heavy atom. The van der Waals surface area contributed by atoms with E-state index in [1.807, 2.05) is 6.07 Å². The Kier molecular flexibility index (Phi) is 11.5. The molecule has 8 fully saturated rings. The number of rotatable bonds is 7. The van der Waals surface area contributed by atoms with E-state index in [0.29, 0.717) is 5.82 Å². The molecule has 8 saturated carbocycles. The van der Waals surface area contributed by atoms with Gasteiger partial charge in [-0.15, -0.1) is 0 Å². The van der Waals surface area contributed by atoms with Crippen molar-refractivity contribution in [1.29, 1.82) is 0 Å². The standard InChI is InChI=1S/C25H30N4O.C14H16N4.C11H15ClO/c30-24(25-11-18-8-19(12-25)10-20(9-18)13-25)28-23-21-6-7-29(15-22(21)26-16-27-23)14-17-4-2-1-3-5-17;15-14-12-6-7-18(9-13(12)16-10-17-14)8-11-4-2-1-3-5-11;12-10(13)11-4-7-1-8(5-11)3-9(2-7)6-11/h1-5,16,18-20H,6-15H2,(H,26,27,28,30);1-5,10H,6-9H2,(H2,15,16,17);7-9H,1-6H2. The third-order valence-corrected chi connectivity index (χ3v) is 16.3. The van der Waals surface area contributed by atoms with Crippen molar-refractivity contribution in [3.8, 4) is 0 Å². The number of aromatic nitrogens is 4. The van der Waals surface area contributed by atoms with Gasteiger partial charge < -0.3 is 11.1 Å². The number of halogens is 1. The van der Waals surface area contributed by atoms with Gasteiger partial charge in [0.1, 0.15) is 24.3 Å². The van der Waals surface area contributed by atoms with Gasteiger partial charge in [-0.1, -0.05) is 60.7 Å². The van der Waals surface area contributed by atoms with Crippen LogP contribution in [0.3, 0.4) is 0 Å². The van der Waals surface area contributed by atoms with Gasteiger partial charge in [-0.25, -0.2) is 19.9 Å². The molecule has 10 nitrogen and oxygen atoms in total. The lowest BCUT2D eigenvalue weighted by atomic mass is 9.49. The number of nitrogens with zero attached hydrogens (tertiary/aromatic N) is 6. The first kappa shape index (κ1) is 40.8. The molecule has 320 valence electrons. The summed E-state index contributed by atoms with van der Waals surface area (Å²) in [7, 11) is 0. The Balaban J connectivity index is 0.000000121. The maximum absolute atomic E-state index is 13.5. The lowest BCUT2D eigenvalue weighted by molar-refractivity contribution is -0.140. The van der Waals surface area contributed by atoms with Crippen LogP contribution in [0.4, 0.5) is 11.6 Å². The Morgan fingerprint density at radius 2 is 1.03 bits per heavy atom. The quantitative estimate of drug-likeness (QED) is 0.176. The summed E-state index contributed by atoms with van der Waals surface area (Å²) in [5.74, 6) is 6.43. The van der Waals surface area contributed by atoms with E-state index in [4.69, 9.17) is 17.3 Å². The molecule has 8 bridgehead atoms. The highest BCUT2D eigenvalue weighted by Crippen LogP contribution is 2.61. The van der Waals surface area contributed by atoms with Crippen LogP contribution in [-0.2, 0) is 48.6 Å². The molecule has 0 radical (unpaired) electrons. The highest BCUT2D eigenvalue weighted by Gasteiger charge is 2.55. The van der Waals surface area contributed by atoms with Crippen LogP contribution in [0.1, 0.15) is 111 Å². The molecule has 4 heterocycles. The molecule has 61 heavy (non-hydrogen) atoms. The molecule has 0 unspecified atom stereocenters. The average molecular weight is 842 g/mol. The lowest BCUT2D eigenvalue weighted by Gasteiger charge is -2.55. The number of nitrogens with two attached hydrogens (primary N) is 1. The van der Waals surface area contributed by atoms with E-state index in [9.17, 15) is 9.59 Å². The third kappa shape index (κ3) is 8.74. The van der Waals surface area contributed by atoms with Crippen LogP contribution >= 0.6 is 11.6 Å². The van der Waals surface area contributed by atoms with Crippen LogP contribution < -0.4 is 11.1 Å². The predicted octanol–water partition coefficient (Wildman–Crippen LogP) is 8.78. The number of fused-ring (bicyclic) bond motifs is 2. The van der Waals surface area contributed by atoms with Gasteiger partial charge in [-0.3, -0.25) is 19.4 Å². The fourth-order valence-corrected chi connectivity index (χ4v) is 14.1. The number of benzene rings is 2. The van der Waals surface area contributed by atoms with E-state index in [2.05, 4.69) is 89.6 Å². The normalized spacial score (nSPS) is 31.5. The minimum atomic E-state index is -0.138.